The molecule has 1 aromatic carbocycles. The van der Waals surface area contributed by atoms with Crippen LogP contribution >= 0.6 is 11.8 Å². The van der Waals surface area contributed by atoms with Gasteiger partial charge in [0.05, 0.1) is 10.8 Å². The number of nitrogens with zero attached hydrogens (tertiary/aromatic N) is 1. The quantitative estimate of drug-likeness (QED) is 0.918. The van der Waals surface area contributed by atoms with Crippen LogP contribution < -0.4 is 5.32 Å². The number of para-hydroxylation sites is 1. The van der Waals surface area contributed by atoms with Crippen molar-refractivity contribution in [3.63, 3.8) is 0 Å². The van der Waals surface area contributed by atoms with Gasteiger partial charge in [-0.15, -0.1) is 0 Å². The Morgan fingerprint density at radius 3 is 2.94 bits per heavy atom. The molecule has 2 rings (SSSR count). The third-order valence-corrected chi connectivity index (χ3v) is 3.81. The van der Waals surface area contributed by atoms with Crippen molar-refractivity contribution in [2.45, 2.75) is 18.7 Å². The maximum atomic E-state index is 11.7. The number of rotatable bonds is 4. The van der Waals surface area contributed by atoms with Crippen molar-refractivity contribution >= 4 is 28.6 Å². The predicted octanol–water partition coefficient (Wildman–Crippen LogP) is 2.60. The molecular weight excluding hydrogens is 244 g/mol. The van der Waals surface area contributed by atoms with E-state index in [-0.39, 0.29) is 11.2 Å². The summed E-state index contributed by atoms with van der Waals surface area (Å²) in [6.07, 6.45) is 3.71. The molecular formula is C14H16N2OS. The van der Waals surface area contributed by atoms with E-state index in [2.05, 4.69) is 10.3 Å². The monoisotopic (exact) mass is 260 g/mol. The van der Waals surface area contributed by atoms with Gasteiger partial charge in [0.1, 0.15) is 0 Å². The molecule has 1 N–H and O–H groups in total. The second-order valence-electron chi connectivity index (χ2n) is 4.09. The zero-order valence-electron chi connectivity index (χ0n) is 10.5. The van der Waals surface area contributed by atoms with Gasteiger partial charge >= 0.3 is 0 Å². The van der Waals surface area contributed by atoms with Crippen LogP contribution in [0.15, 0.2) is 36.5 Å². The molecule has 0 fully saturated rings. The van der Waals surface area contributed by atoms with Crippen LogP contribution in [0.25, 0.3) is 10.9 Å². The molecule has 1 amide bonds. The first kappa shape index (κ1) is 12.9. The standard InChI is InChI=1S/C14H16N2OS/c1-10(18-2)14(17)16-9-12-6-3-5-11-7-4-8-15-13(11)12/h3-8,10H,9H2,1-2H3,(H,16,17)/t10-/m0/s1. The predicted molar refractivity (Wildman–Crippen MR) is 76.6 cm³/mol. The number of thioether (sulfide) groups is 1. The molecule has 0 bridgehead atoms. The molecule has 4 heteroatoms. The van der Waals surface area contributed by atoms with Crippen LogP contribution in [0, 0.1) is 0 Å². The molecule has 94 valence electrons. The van der Waals surface area contributed by atoms with Gasteiger partial charge in [-0.3, -0.25) is 9.78 Å². The summed E-state index contributed by atoms with van der Waals surface area (Å²) in [6, 6.07) is 9.96. The Hall–Kier alpha value is -1.55. The highest BCUT2D eigenvalue weighted by atomic mass is 32.2. The van der Waals surface area contributed by atoms with Crippen molar-refractivity contribution in [1.82, 2.24) is 10.3 Å². The number of carbonyl (C=O) groups excluding carboxylic acids is 1. The van der Waals surface area contributed by atoms with E-state index in [0.29, 0.717) is 6.54 Å². The summed E-state index contributed by atoms with van der Waals surface area (Å²) >= 11 is 1.54. The largest absolute Gasteiger partial charge is 0.351 e. The fourth-order valence-corrected chi connectivity index (χ4v) is 2.04. The van der Waals surface area contributed by atoms with Crippen LogP contribution in [-0.4, -0.2) is 22.4 Å². The number of benzene rings is 1. The van der Waals surface area contributed by atoms with Crippen molar-refractivity contribution in [2.24, 2.45) is 0 Å². The Balaban J connectivity index is 2.15. The number of fused-ring (bicyclic) bond motifs is 1. The smallest absolute Gasteiger partial charge is 0.233 e. The van der Waals surface area contributed by atoms with Crippen LogP contribution in [0.3, 0.4) is 0 Å². The van der Waals surface area contributed by atoms with Gasteiger partial charge in [-0.25, -0.2) is 0 Å². The van der Waals surface area contributed by atoms with E-state index in [1.54, 1.807) is 18.0 Å². The summed E-state index contributed by atoms with van der Waals surface area (Å²) in [4.78, 5) is 16.1. The number of aromatic nitrogens is 1. The molecule has 2 aromatic rings. The molecule has 0 unspecified atom stereocenters. The molecule has 0 saturated carbocycles. The number of carbonyl (C=O) groups is 1. The third-order valence-electron chi connectivity index (χ3n) is 2.89. The van der Waals surface area contributed by atoms with Gasteiger partial charge < -0.3 is 5.32 Å². The average molecular weight is 260 g/mol. The summed E-state index contributed by atoms with van der Waals surface area (Å²) in [6.45, 7) is 2.43. The normalized spacial score (nSPS) is 12.3. The molecule has 0 spiro atoms. The van der Waals surface area contributed by atoms with Gasteiger partial charge in [-0.05, 0) is 24.8 Å². The Kier molecular flexibility index (Phi) is 4.20. The fraction of sp³-hybridized carbons (Fsp3) is 0.286. The number of hydrogen-bond acceptors (Lipinski definition) is 3. The minimum absolute atomic E-state index is 0.0204. The number of amides is 1. The first-order valence-electron chi connectivity index (χ1n) is 5.85. The van der Waals surface area contributed by atoms with Gasteiger partial charge in [0.25, 0.3) is 0 Å². The summed E-state index contributed by atoms with van der Waals surface area (Å²) < 4.78 is 0. The number of nitrogens with one attached hydrogen (secondary N) is 1. The van der Waals surface area contributed by atoms with Gasteiger partial charge in [0.15, 0.2) is 0 Å². The molecule has 1 atom stereocenters. The minimum Gasteiger partial charge on any atom is -0.351 e. The Labute approximate surface area is 111 Å². The number of pyridine rings is 1. The molecule has 0 aliphatic carbocycles. The van der Waals surface area contributed by atoms with Gasteiger partial charge in [-0.2, -0.15) is 11.8 Å². The van der Waals surface area contributed by atoms with Crippen LogP contribution in [0.4, 0.5) is 0 Å². The maximum Gasteiger partial charge on any atom is 0.233 e. The molecule has 0 saturated heterocycles. The lowest BCUT2D eigenvalue weighted by Crippen LogP contribution is -2.30. The highest BCUT2D eigenvalue weighted by molar-refractivity contribution is 7.99. The first-order valence-corrected chi connectivity index (χ1v) is 7.14. The molecule has 0 aliphatic heterocycles. The molecule has 1 aromatic heterocycles. The zero-order valence-corrected chi connectivity index (χ0v) is 11.3. The SMILES string of the molecule is CS[C@@H](C)C(=O)NCc1cccc2cccnc12. The summed E-state index contributed by atoms with van der Waals surface area (Å²) in [7, 11) is 0. The highest BCUT2D eigenvalue weighted by Gasteiger charge is 2.11. The van der Waals surface area contributed by atoms with Crippen molar-refractivity contribution in [2.75, 3.05) is 6.26 Å². The molecule has 1 heterocycles. The highest BCUT2D eigenvalue weighted by Crippen LogP contribution is 2.15. The topological polar surface area (TPSA) is 42.0 Å². The summed E-state index contributed by atoms with van der Waals surface area (Å²) in [5.41, 5.74) is 2.01. The van der Waals surface area contributed by atoms with Crippen molar-refractivity contribution in [3.05, 3.63) is 42.1 Å². The van der Waals surface area contributed by atoms with E-state index in [1.165, 1.54) is 0 Å². The maximum absolute atomic E-state index is 11.7. The zero-order chi connectivity index (χ0) is 13.0. The van der Waals surface area contributed by atoms with Crippen LogP contribution in [0.2, 0.25) is 0 Å². The van der Waals surface area contributed by atoms with Crippen molar-refractivity contribution in [1.29, 1.82) is 0 Å². The Morgan fingerprint density at radius 1 is 1.39 bits per heavy atom. The lowest BCUT2D eigenvalue weighted by molar-refractivity contribution is -0.120. The lowest BCUT2D eigenvalue weighted by atomic mass is 10.1. The Bertz CT molecular complexity index is 551. The van der Waals surface area contributed by atoms with Crippen LogP contribution in [0.5, 0.6) is 0 Å². The third kappa shape index (κ3) is 2.82. The van der Waals surface area contributed by atoms with Crippen LogP contribution in [-0.2, 0) is 11.3 Å². The summed E-state index contributed by atoms with van der Waals surface area (Å²) in [5.74, 6) is 0.0652. The van der Waals surface area contributed by atoms with Gasteiger partial charge in [0.2, 0.25) is 5.91 Å². The van der Waals surface area contributed by atoms with E-state index in [4.69, 9.17) is 0 Å². The second-order valence-corrected chi connectivity index (χ2v) is 5.27. The summed E-state index contributed by atoms with van der Waals surface area (Å²) in [5, 5.41) is 4.02. The van der Waals surface area contributed by atoms with Crippen molar-refractivity contribution in [3.8, 4) is 0 Å². The lowest BCUT2D eigenvalue weighted by Gasteiger charge is -2.10. The van der Waals surface area contributed by atoms with Crippen LogP contribution in [0.1, 0.15) is 12.5 Å². The van der Waals surface area contributed by atoms with E-state index in [1.807, 2.05) is 43.5 Å². The second kappa shape index (κ2) is 5.87. The van der Waals surface area contributed by atoms with Crippen molar-refractivity contribution < 1.29 is 4.79 Å². The Morgan fingerprint density at radius 2 is 2.17 bits per heavy atom. The van der Waals surface area contributed by atoms with E-state index >= 15 is 0 Å². The van der Waals surface area contributed by atoms with E-state index < -0.39 is 0 Å². The fourth-order valence-electron chi connectivity index (χ4n) is 1.74. The molecule has 0 radical (unpaired) electrons. The van der Waals surface area contributed by atoms with Gasteiger partial charge in [-0.1, -0.05) is 24.3 Å². The average Bonchev–Trinajstić information content (AvgIpc) is 2.43. The molecule has 18 heavy (non-hydrogen) atoms. The van der Waals surface area contributed by atoms with E-state index in [0.717, 1.165) is 16.5 Å². The first-order chi connectivity index (χ1) is 8.72. The molecule has 0 aliphatic rings. The minimum atomic E-state index is -0.0204. The number of hydrogen-bond donors (Lipinski definition) is 1. The molecule has 3 nitrogen and oxygen atoms in total. The van der Waals surface area contributed by atoms with Gasteiger partial charge in [0, 0.05) is 18.1 Å². The van der Waals surface area contributed by atoms with E-state index in [9.17, 15) is 4.79 Å².